The first kappa shape index (κ1) is 21.0. The van der Waals surface area contributed by atoms with Gasteiger partial charge in [0, 0.05) is 18.3 Å². The summed E-state index contributed by atoms with van der Waals surface area (Å²) in [6.45, 7) is 7.09. The van der Waals surface area contributed by atoms with E-state index in [2.05, 4.69) is 0 Å². The monoisotopic (exact) mass is 388 g/mol. The van der Waals surface area contributed by atoms with Crippen LogP contribution in [0.25, 0.3) is 0 Å². The second-order valence-electron chi connectivity index (χ2n) is 8.96. The average Bonchev–Trinajstić information content (AvgIpc) is 2.57. The van der Waals surface area contributed by atoms with Gasteiger partial charge >= 0.3 is 0 Å². The molecule has 3 rings (SSSR count). The summed E-state index contributed by atoms with van der Waals surface area (Å²) < 4.78 is 17.5. The Labute approximate surface area is 159 Å². The first-order chi connectivity index (χ1) is 12.4. The predicted molar refractivity (Wildman–Crippen MR) is 94.5 cm³/mol. The lowest BCUT2D eigenvalue weighted by Gasteiger charge is -2.60. The Balaban J connectivity index is 1.80. The van der Waals surface area contributed by atoms with Gasteiger partial charge in [-0.15, -0.1) is 0 Å². The Morgan fingerprint density at radius 1 is 1.11 bits per heavy atom. The number of ether oxygens (including phenoxy) is 3. The third-order valence-corrected chi connectivity index (χ3v) is 6.60. The van der Waals surface area contributed by atoms with Gasteiger partial charge in [-0.05, 0) is 26.3 Å². The lowest BCUT2D eigenvalue weighted by molar-refractivity contribution is -0.331. The summed E-state index contributed by atoms with van der Waals surface area (Å²) in [5.74, 6) is 0.742. The SMILES string of the molecule is CC1=CC[C@@]2(O)C(C)(C)C[C@H](O[C@@H]3O[C@H](CO)[C@@H](O)[C@H](O)[C@H]3O)C[C@@]2(C)O1. The fourth-order valence-corrected chi connectivity index (χ4v) is 4.90. The molecule has 0 aromatic rings. The van der Waals surface area contributed by atoms with Crippen LogP contribution in [0, 0.1) is 5.41 Å². The van der Waals surface area contributed by atoms with Crippen molar-refractivity contribution in [3.8, 4) is 0 Å². The fraction of sp³-hybridized carbons (Fsp3) is 0.895. The number of hydrogen-bond acceptors (Lipinski definition) is 8. The number of hydrogen-bond donors (Lipinski definition) is 5. The largest absolute Gasteiger partial charge is 0.489 e. The molecule has 0 radical (unpaired) electrons. The van der Waals surface area contributed by atoms with E-state index >= 15 is 0 Å². The van der Waals surface area contributed by atoms with Crippen LogP contribution < -0.4 is 0 Å². The smallest absolute Gasteiger partial charge is 0.186 e. The molecule has 2 fully saturated rings. The third-order valence-electron chi connectivity index (χ3n) is 6.60. The summed E-state index contributed by atoms with van der Waals surface area (Å²) in [5.41, 5.74) is -2.50. The molecular formula is C19H32O8. The van der Waals surface area contributed by atoms with Gasteiger partial charge in [0.2, 0.25) is 0 Å². The van der Waals surface area contributed by atoms with E-state index in [9.17, 15) is 25.5 Å². The topological polar surface area (TPSA) is 129 Å². The van der Waals surface area contributed by atoms with Gasteiger partial charge in [0.25, 0.3) is 0 Å². The quantitative estimate of drug-likeness (QED) is 0.450. The van der Waals surface area contributed by atoms with Crippen LogP contribution in [0.1, 0.15) is 47.0 Å². The van der Waals surface area contributed by atoms with Crippen molar-refractivity contribution in [1.29, 1.82) is 0 Å². The van der Waals surface area contributed by atoms with E-state index in [1.165, 1.54) is 0 Å². The number of aliphatic hydroxyl groups excluding tert-OH is 4. The summed E-state index contributed by atoms with van der Waals surface area (Å²) >= 11 is 0. The van der Waals surface area contributed by atoms with Gasteiger partial charge in [-0.1, -0.05) is 13.8 Å². The van der Waals surface area contributed by atoms with Crippen molar-refractivity contribution in [3.63, 3.8) is 0 Å². The molecule has 0 unspecified atom stereocenters. The molecule has 8 atom stereocenters. The molecule has 3 aliphatic rings. The first-order valence-corrected chi connectivity index (χ1v) is 9.48. The molecule has 0 aromatic heterocycles. The molecule has 0 bridgehead atoms. The zero-order valence-corrected chi connectivity index (χ0v) is 16.3. The minimum absolute atomic E-state index is 0.368. The standard InChI is InChI=1S/C19H32O8/c1-10-5-6-19(24)17(2,3)7-11(8-18(19,4)27-10)25-16-15(23)14(22)13(21)12(9-20)26-16/h5,11-16,20-24H,6-9H2,1-4H3/t11-,12+,13+,14-,15+,16+,18+,19+/m0/s1. The van der Waals surface area contributed by atoms with Crippen molar-refractivity contribution >= 4 is 0 Å². The van der Waals surface area contributed by atoms with E-state index in [0.29, 0.717) is 19.3 Å². The molecule has 156 valence electrons. The number of fused-ring (bicyclic) bond motifs is 1. The highest BCUT2D eigenvalue weighted by Crippen LogP contribution is 2.56. The van der Waals surface area contributed by atoms with Crippen LogP contribution in [0.15, 0.2) is 11.8 Å². The van der Waals surface area contributed by atoms with Crippen molar-refractivity contribution in [2.45, 2.75) is 95.0 Å². The van der Waals surface area contributed by atoms with E-state index in [1.807, 2.05) is 33.8 Å². The Bertz CT molecular complexity index is 590. The molecule has 1 aliphatic carbocycles. The molecule has 1 saturated heterocycles. The maximum Gasteiger partial charge on any atom is 0.186 e. The number of allylic oxidation sites excluding steroid dienone is 1. The maximum atomic E-state index is 11.4. The second kappa shape index (κ2) is 6.95. The average molecular weight is 388 g/mol. The van der Waals surface area contributed by atoms with Crippen molar-refractivity contribution in [3.05, 3.63) is 11.8 Å². The lowest BCUT2D eigenvalue weighted by Crippen LogP contribution is -2.68. The first-order valence-electron chi connectivity index (χ1n) is 9.48. The zero-order chi connectivity index (χ0) is 20.2. The van der Waals surface area contributed by atoms with Crippen molar-refractivity contribution < 1.29 is 39.7 Å². The van der Waals surface area contributed by atoms with Crippen molar-refractivity contribution in [2.75, 3.05) is 6.61 Å². The molecule has 2 aliphatic heterocycles. The van der Waals surface area contributed by atoms with Crippen LogP contribution in [0.5, 0.6) is 0 Å². The van der Waals surface area contributed by atoms with Crippen molar-refractivity contribution in [1.82, 2.24) is 0 Å². The third kappa shape index (κ3) is 3.31. The van der Waals surface area contributed by atoms with Gasteiger partial charge in [0.05, 0.1) is 18.5 Å². The minimum Gasteiger partial charge on any atom is -0.489 e. The molecule has 5 N–H and O–H groups in total. The summed E-state index contributed by atoms with van der Waals surface area (Å²) in [5, 5.41) is 50.9. The van der Waals surface area contributed by atoms with E-state index in [4.69, 9.17) is 14.2 Å². The van der Waals surface area contributed by atoms with Gasteiger partial charge in [0.1, 0.15) is 35.6 Å². The number of rotatable bonds is 3. The van der Waals surface area contributed by atoms with Gasteiger partial charge in [-0.3, -0.25) is 0 Å². The minimum atomic E-state index is -1.49. The highest BCUT2D eigenvalue weighted by molar-refractivity contribution is 5.19. The predicted octanol–water partition coefficient (Wildman–Crippen LogP) is -0.195. The van der Waals surface area contributed by atoms with E-state index in [0.717, 1.165) is 5.76 Å². The summed E-state index contributed by atoms with van der Waals surface area (Å²) in [6, 6.07) is 0. The molecular weight excluding hydrogens is 356 g/mol. The van der Waals surface area contributed by atoms with E-state index < -0.39 is 60.0 Å². The molecule has 1 saturated carbocycles. The van der Waals surface area contributed by atoms with Crippen LogP contribution in [-0.4, -0.2) is 80.2 Å². The van der Waals surface area contributed by atoms with Gasteiger partial charge in [-0.25, -0.2) is 0 Å². The lowest BCUT2D eigenvalue weighted by atomic mass is 9.55. The number of aliphatic hydroxyl groups is 5. The van der Waals surface area contributed by atoms with Crippen LogP contribution in [0.2, 0.25) is 0 Å². The summed E-state index contributed by atoms with van der Waals surface area (Å²) in [6.07, 6.45) is -3.77. The molecule has 0 aromatic carbocycles. The normalized spacial score (nSPS) is 49.7. The highest BCUT2D eigenvalue weighted by atomic mass is 16.7. The fourth-order valence-electron chi connectivity index (χ4n) is 4.90. The zero-order valence-electron chi connectivity index (χ0n) is 16.3. The molecule has 27 heavy (non-hydrogen) atoms. The Morgan fingerprint density at radius 2 is 1.78 bits per heavy atom. The van der Waals surface area contributed by atoms with Gasteiger partial charge in [-0.2, -0.15) is 0 Å². The van der Waals surface area contributed by atoms with Crippen LogP contribution >= 0.6 is 0 Å². The van der Waals surface area contributed by atoms with Crippen LogP contribution in [0.4, 0.5) is 0 Å². The van der Waals surface area contributed by atoms with E-state index in [1.54, 1.807) is 0 Å². The highest BCUT2D eigenvalue weighted by Gasteiger charge is 2.63. The second-order valence-corrected chi connectivity index (χ2v) is 8.96. The van der Waals surface area contributed by atoms with Crippen molar-refractivity contribution in [2.24, 2.45) is 5.41 Å². The Hall–Kier alpha value is -0.740. The summed E-state index contributed by atoms with van der Waals surface area (Å²) in [4.78, 5) is 0. The molecule has 0 spiro atoms. The molecule has 0 amide bonds. The maximum absolute atomic E-state index is 11.4. The Kier molecular flexibility index (Phi) is 5.40. The van der Waals surface area contributed by atoms with Gasteiger partial charge in [0.15, 0.2) is 6.29 Å². The van der Waals surface area contributed by atoms with E-state index in [-0.39, 0.29) is 0 Å². The van der Waals surface area contributed by atoms with Crippen LogP contribution in [0.3, 0.4) is 0 Å². The van der Waals surface area contributed by atoms with Crippen LogP contribution in [-0.2, 0) is 14.2 Å². The Morgan fingerprint density at radius 3 is 2.41 bits per heavy atom. The molecule has 8 heteroatoms. The molecule has 8 nitrogen and oxygen atoms in total. The summed E-state index contributed by atoms with van der Waals surface area (Å²) in [7, 11) is 0. The molecule has 2 heterocycles. The van der Waals surface area contributed by atoms with Gasteiger partial charge < -0.3 is 39.7 Å².